The van der Waals surface area contributed by atoms with Gasteiger partial charge in [-0.15, -0.1) is 0 Å². The van der Waals surface area contributed by atoms with Crippen LogP contribution >= 0.6 is 0 Å². The molecule has 0 saturated heterocycles. The molecule has 0 aromatic rings. The van der Waals surface area contributed by atoms with Gasteiger partial charge in [0.15, 0.2) is 0 Å². The number of aliphatic carboxylic acids is 2. The van der Waals surface area contributed by atoms with Crippen LogP contribution in [0.3, 0.4) is 0 Å². The predicted molar refractivity (Wildman–Crippen MR) is 227 cm³/mol. The summed E-state index contributed by atoms with van der Waals surface area (Å²) in [6.45, 7) is 4.56. The molecule has 0 atom stereocenters. The van der Waals surface area contributed by atoms with Crippen molar-refractivity contribution < 1.29 is 19.8 Å². The Hall–Kier alpha value is 1.46. The zero-order chi connectivity index (χ0) is 36.9. The molecular formula is C46H90Ca2O4+2. The van der Waals surface area contributed by atoms with Crippen LogP contribution in [0.1, 0.15) is 284 Å². The van der Waals surface area contributed by atoms with Crippen molar-refractivity contribution in [3.8, 4) is 0 Å². The number of rotatable bonds is 42. The molecular weight excluding hydrogens is 697 g/mol. The van der Waals surface area contributed by atoms with Gasteiger partial charge in [0.1, 0.15) is 0 Å². The number of carbonyl (C=O) groups excluding carboxylic acids is 2. The predicted octanol–water partition coefficient (Wildman–Crippen LogP) is 13.1. The summed E-state index contributed by atoms with van der Waals surface area (Å²) >= 11 is 0. The summed E-state index contributed by atoms with van der Waals surface area (Å²) in [6.07, 6.45) is 54.5. The van der Waals surface area contributed by atoms with Crippen molar-refractivity contribution in [1.82, 2.24) is 0 Å². The van der Waals surface area contributed by atoms with Gasteiger partial charge in [-0.05, 0) is 25.7 Å². The molecule has 6 heteroatoms. The Balaban J connectivity index is -0.000000459. The van der Waals surface area contributed by atoms with Gasteiger partial charge in [-0.25, -0.2) is 0 Å². The summed E-state index contributed by atoms with van der Waals surface area (Å²) in [5, 5.41) is 20.5. The average Bonchev–Trinajstić information content (AvgIpc) is 3.10. The fraction of sp³-hybridized carbons (Fsp3) is 0.957. The Kier molecular flexibility index (Phi) is 65.7. The third kappa shape index (κ3) is 63.4. The maximum absolute atomic E-state index is 10.3. The summed E-state index contributed by atoms with van der Waals surface area (Å²) < 4.78 is 0. The minimum atomic E-state index is -0.903. The fourth-order valence-corrected chi connectivity index (χ4v) is 7.05. The van der Waals surface area contributed by atoms with Crippen molar-refractivity contribution in [2.45, 2.75) is 284 Å². The van der Waals surface area contributed by atoms with E-state index in [9.17, 15) is 19.8 Å². The molecule has 0 spiro atoms. The van der Waals surface area contributed by atoms with Gasteiger partial charge in [0.2, 0.25) is 0 Å². The molecule has 0 amide bonds. The van der Waals surface area contributed by atoms with Crippen molar-refractivity contribution in [2.24, 2.45) is 0 Å². The van der Waals surface area contributed by atoms with E-state index in [0.29, 0.717) is 0 Å². The molecule has 0 N–H and O–H groups in total. The number of hydrogen-bond donors (Lipinski definition) is 0. The monoisotopic (exact) mass is 787 g/mol. The summed E-state index contributed by atoms with van der Waals surface area (Å²) in [7, 11) is 0. The number of carboxylic acid groups (broad SMARTS) is 2. The first-order valence-corrected chi connectivity index (χ1v) is 22.9. The normalized spacial score (nSPS) is 10.7. The minimum Gasteiger partial charge on any atom is -0.550 e. The van der Waals surface area contributed by atoms with Gasteiger partial charge in [-0.3, -0.25) is 0 Å². The molecule has 0 bridgehead atoms. The van der Waals surface area contributed by atoms with Crippen LogP contribution in [-0.4, -0.2) is 87.4 Å². The summed E-state index contributed by atoms with van der Waals surface area (Å²) in [5.41, 5.74) is 0. The molecule has 0 aliphatic heterocycles. The SMILES string of the molecule is CCCCCCCCCCCCCCCCCC(=O)[O-].CCCCCCCCCCCCCCCCCCCCCCCCCCCC(=O)[O-].[Ca+2].[Ca+2]. The second-order valence-electron chi connectivity index (χ2n) is 15.7. The maximum atomic E-state index is 10.3. The molecule has 300 valence electrons. The molecule has 52 heavy (non-hydrogen) atoms. The van der Waals surface area contributed by atoms with Crippen LogP contribution in [0.15, 0.2) is 0 Å². The van der Waals surface area contributed by atoms with Crippen LogP contribution in [0.25, 0.3) is 0 Å². The van der Waals surface area contributed by atoms with E-state index >= 15 is 0 Å². The Morgan fingerprint density at radius 3 is 0.481 bits per heavy atom. The summed E-state index contributed by atoms with van der Waals surface area (Å²) in [4.78, 5) is 20.5. The average molecular weight is 787 g/mol. The molecule has 0 aliphatic rings. The van der Waals surface area contributed by atoms with Crippen LogP contribution < -0.4 is 10.2 Å². The first-order chi connectivity index (χ1) is 24.5. The Morgan fingerprint density at radius 2 is 0.365 bits per heavy atom. The molecule has 0 radical (unpaired) electrons. The van der Waals surface area contributed by atoms with Crippen molar-refractivity contribution >= 4 is 87.4 Å². The van der Waals surface area contributed by atoms with Gasteiger partial charge in [0, 0.05) is 11.9 Å². The molecule has 0 heterocycles. The van der Waals surface area contributed by atoms with Crippen LogP contribution in [0, 0.1) is 0 Å². The van der Waals surface area contributed by atoms with Crippen LogP contribution in [0.2, 0.25) is 0 Å². The number of unbranched alkanes of at least 4 members (excludes halogenated alkanes) is 38. The van der Waals surface area contributed by atoms with Gasteiger partial charge in [-0.1, -0.05) is 258 Å². The fourth-order valence-electron chi connectivity index (χ4n) is 7.05. The summed E-state index contributed by atoms with van der Waals surface area (Å²) in [6, 6.07) is 0. The molecule has 4 nitrogen and oxygen atoms in total. The Bertz CT molecular complexity index is 646. The number of carbonyl (C=O) groups is 2. The zero-order valence-corrected chi connectivity index (χ0v) is 40.2. The van der Waals surface area contributed by atoms with Crippen molar-refractivity contribution in [1.29, 1.82) is 0 Å². The summed E-state index contributed by atoms with van der Waals surface area (Å²) in [5.74, 6) is -1.80. The zero-order valence-electron chi connectivity index (χ0n) is 35.7. The van der Waals surface area contributed by atoms with E-state index < -0.39 is 11.9 Å². The van der Waals surface area contributed by atoms with E-state index in [0.717, 1.165) is 25.7 Å². The van der Waals surface area contributed by atoms with Crippen LogP contribution in [-0.2, 0) is 9.59 Å². The van der Waals surface area contributed by atoms with Gasteiger partial charge in [-0.2, -0.15) is 0 Å². The molecule has 0 rings (SSSR count). The van der Waals surface area contributed by atoms with Crippen molar-refractivity contribution in [2.75, 3.05) is 0 Å². The number of carboxylic acids is 2. The Labute approximate surface area is 386 Å². The van der Waals surface area contributed by atoms with Crippen LogP contribution in [0.5, 0.6) is 0 Å². The maximum Gasteiger partial charge on any atom is 2.00 e. The van der Waals surface area contributed by atoms with Crippen molar-refractivity contribution in [3.63, 3.8) is 0 Å². The second-order valence-corrected chi connectivity index (χ2v) is 15.7. The first-order valence-electron chi connectivity index (χ1n) is 22.9. The van der Waals surface area contributed by atoms with E-state index in [2.05, 4.69) is 13.8 Å². The van der Waals surface area contributed by atoms with E-state index in [1.165, 1.54) is 231 Å². The minimum absolute atomic E-state index is 0. The smallest absolute Gasteiger partial charge is 0.550 e. The topological polar surface area (TPSA) is 80.3 Å². The largest absolute Gasteiger partial charge is 2.00 e. The van der Waals surface area contributed by atoms with E-state index in [-0.39, 0.29) is 88.3 Å². The molecule has 0 aromatic heterocycles. The van der Waals surface area contributed by atoms with E-state index in [1.54, 1.807) is 0 Å². The Morgan fingerprint density at radius 1 is 0.250 bits per heavy atom. The van der Waals surface area contributed by atoms with Gasteiger partial charge < -0.3 is 19.8 Å². The number of hydrogen-bond acceptors (Lipinski definition) is 4. The van der Waals surface area contributed by atoms with Gasteiger partial charge in [0.05, 0.1) is 0 Å². The third-order valence-electron chi connectivity index (χ3n) is 10.5. The third-order valence-corrected chi connectivity index (χ3v) is 10.5. The van der Waals surface area contributed by atoms with Gasteiger partial charge in [0.25, 0.3) is 0 Å². The van der Waals surface area contributed by atoms with Gasteiger partial charge >= 0.3 is 75.5 Å². The molecule has 0 aromatic carbocycles. The van der Waals surface area contributed by atoms with E-state index in [4.69, 9.17) is 0 Å². The molecule has 0 saturated carbocycles. The molecule has 0 unspecified atom stereocenters. The van der Waals surface area contributed by atoms with Crippen molar-refractivity contribution in [3.05, 3.63) is 0 Å². The van der Waals surface area contributed by atoms with E-state index in [1.807, 2.05) is 0 Å². The molecule has 0 aliphatic carbocycles. The van der Waals surface area contributed by atoms with Crippen LogP contribution in [0.4, 0.5) is 0 Å². The second kappa shape index (κ2) is 56.8. The molecule has 0 fully saturated rings. The standard InChI is InChI=1S/C28H56O2.C18H36O2.2Ca/c1-2-3-4-5-6-7-8-9-10-11-12-13-14-15-16-17-18-19-20-21-22-23-24-25-26-27-28(29)30;1-2-3-4-5-6-7-8-9-10-11-12-13-14-15-16-17-18(19)20;;/h2-27H2,1H3,(H,29,30);2-17H2,1H3,(H,19,20);;/q;;2*+2/p-2. The first kappa shape index (κ1) is 60.1. The quantitative estimate of drug-likeness (QED) is 0.0456.